The van der Waals surface area contributed by atoms with Gasteiger partial charge in [0, 0.05) is 10.4 Å². The molecule has 0 saturated heterocycles. The van der Waals surface area contributed by atoms with Crippen molar-refractivity contribution in [2.24, 2.45) is 0 Å². The molecule has 156 valence electrons. The highest BCUT2D eigenvalue weighted by Gasteiger charge is 2.27. The second-order valence-electron chi connectivity index (χ2n) is 7.29. The number of esters is 1. The third-order valence-electron chi connectivity index (χ3n) is 5.17. The van der Waals surface area contributed by atoms with Gasteiger partial charge in [-0.1, -0.05) is 26.2 Å². The maximum absolute atomic E-state index is 12.7. The van der Waals surface area contributed by atoms with Gasteiger partial charge in [0.15, 0.2) is 0 Å². The average Bonchev–Trinajstić information content (AvgIpc) is 3.11. The third-order valence-corrected chi connectivity index (χ3v) is 6.38. The molecular weight excluding hydrogens is 386 g/mol. The number of benzene rings is 1. The van der Waals surface area contributed by atoms with E-state index in [1.165, 1.54) is 42.6 Å². The molecule has 0 aliphatic heterocycles. The van der Waals surface area contributed by atoms with E-state index in [0.717, 1.165) is 43.4 Å². The highest BCUT2D eigenvalue weighted by atomic mass is 32.1. The van der Waals surface area contributed by atoms with Crippen molar-refractivity contribution in [1.82, 2.24) is 0 Å². The summed E-state index contributed by atoms with van der Waals surface area (Å²) < 4.78 is 10.7. The van der Waals surface area contributed by atoms with E-state index in [1.54, 1.807) is 12.1 Å². The second kappa shape index (κ2) is 10.4. The Bertz CT molecular complexity index is 841. The Hall–Kier alpha value is -2.34. The number of carbonyl (C=O) groups is 2. The van der Waals surface area contributed by atoms with Gasteiger partial charge >= 0.3 is 5.97 Å². The average molecular weight is 416 g/mol. The molecule has 1 aliphatic carbocycles. The minimum Gasteiger partial charge on any atom is -0.494 e. The number of unbranched alkanes of at least 4 members (excludes halogenated alkanes) is 3. The molecule has 29 heavy (non-hydrogen) atoms. The number of ether oxygens (including phenoxy) is 2. The summed E-state index contributed by atoms with van der Waals surface area (Å²) in [5.41, 5.74) is 2.09. The number of hydrogen-bond acceptors (Lipinski definition) is 5. The molecule has 0 radical (unpaired) electrons. The van der Waals surface area contributed by atoms with E-state index in [4.69, 9.17) is 9.47 Å². The second-order valence-corrected chi connectivity index (χ2v) is 8.40. The van der Waals surface area contributed by atoms with E-state index >= 15 is 0 Å². The van der Waals surface area contributed by atoms with E-state index in [9.17, 15) is 9.59 Å². The number of aryl methyl sites for hydroxylation is 1. The van der Waals surface area contributed by atoms with Crippen LogP contribution < -0.4 is 10.1 Å². The summed E-state index contributed by atoms with van der Waals surface area (Å²) in [6.07, 6.45) is 8.61. The molecular formula is C23H29NO4S. The van der Waals surface area contributed by atoms with Crippen LogP contribution in [0.2, 0.25) is 0 Å². The quantitative estimate of drug-likeness (QED) is 0.426. The Morgan fingerprint density at radius 2 is 1.83 bits per heavy atom. The van der Waals surface area contributed by atoms with Crippen LogP contribution in [0.5, 0.6) is 5.75 Å². The monoisotopic (exact) mass is 415 g/mol. The van der Waals surface area contributed by atoms with Gasteiger partial charge in [-0.3, -0.25) is 4.79 Å². The van der Waals surface area contributed by atoms with E-state index in [2.05, 4.69) is 12.2 Å². The van der Waals surface area contributed by atoms with Gasteiger partial charge in [-0.15, -0.1) is 11.3 Å². The maximum atomic E-state index is 12.7. The number of rotatable bonds is 9. The molecule has 0 bridgehead atoms. The maximum Gasteiger partial charge on any atom is 0.341 e. The molecule has 1 heterocycles. The van der Waals surface area contributed by atoms with Gasteiger partial charge in [-0.25, -0.2) is 4.79 Å². The highest BCUT2D eigenvalue weighted by molar-refractivity contribution is 7.17. The molecule has 1 N–H and O–H groups in total. The minimum absolute atomic E-state index is 0.233. The van der Waals surface area contributed by atoms with Gasteiger partial charge in [0.25, 0.3) is 5.91 Å². The summed E-state index contributed by atoms with van der Waals surface area (Å²) in [5, 5.41) is 3.51. The fourth-order valence-corrected chi connectivity index (χ4v) is 4.84. The fraction of sp³-hybridized carbons (Fsp3) is 0.478. The van der Waals surface area contributed by atoms with Crippen molar-refractivity contribution in [2.45, 2.75) is 58.3 Å². The summed E-state index contributed by atoms with van der Waals surface area (Å²) in [4.78, 5) is 26.2. The Balaban J connectivity index is 1.66. The molecule has 0 fully saturated rings. The predicted molar refractivity (Wildman–Crippen MR) is 116 cm³/mol. The number of methoxy groups -OCH3 is 1. The third kappa shape index (κ3) is 5.38. The van der Waals surface area contributed by atoms with Crippen LogP contribution in [0, 0.1) is 0 Å². The van der Waals surface area contributed by atoms with E-state index in [1.807, 2.05) is 12.1 Å². The van der Waals surface area contributed by atoms with Crippen molar-refractivity contribution in [3.63, 3.8) is 0 Å². The molecule has 5 nitrogen and oxygen atoms in total. The first-order valence-corrected chi connectivity index (χ1v) is 11.2. The smallest absolute Gasteiger partial charge is 0.341 e. The van der Waals surface area contributed by atoms with E-state index in [-0.39, 0.29) is 11.9 Å². The number of anilines is 1. The standard InChI is InChI=1S/C23H29NO4S/c1-3-4-5-8-15-28-17-13-11-16(12-14-17)21(25)24-22-20(23(26)27-2)18-9-6-7-10-19(18)29-22/h11-14H,3-10,15H2,1-2H3,(H,24,25). The van der Waals surface area contributed by atoms with Crippen LogP contribution in [0.15, 0.2) is 24.3 Å². The van der Waals surface area contributed by atoms with Gasteiger partial charge in [0.2, 0.25) is 0 Å². The number of fused-ring (bicyclic) bond motifs is 1. The largest absolute Gasteiger partial charge is 0.494 e. The van der Waals surface area contributed by atoms with E-state index in [0.29, 0.717) is 22.7 Å². The first kappa shape index (κ1) is 21.4. The van der Waals surface area contributed by atoms with Crippen LogP contribution in [-0.4, -0.2) is 25.6 Å². The fourth-order valence-electron chi connectivity index (χ4n) is 3.57. The predicted octanol–water partition coefficient (Wildman–Crippen LogP) is 5.62. The van der Waals surface area contributed by atoms with Gasteiger partial charge in [0.05, 0.1) is 19.3 Å². The van der Waals surface area contributed by atoms with Crippen molar-refractivity contribution in [3.8, 4) is 5.75 Å². The summed E-state index contributed by atoms with van der Waals surface area (Å²) in [6.45, 7) is 2.87. The molecule has 3 rings (SSSR count). The lowest BCUT2D eigenvalue weighted by molar-refractivity contribution is 0.0601. The first-order chi connectivity index (χ1) is 14.1. The van der Waals surface area contributed by atoms with Gasteiger partial charge in [-0.05, 0) is 61.9 Å². The molecule has 6 heteroatoms. The number of amides is 1. The zero-order chi connectivity index (χ0) is 20.6. The van der Waals surface area contributed by atoms with Crippen molar-refractivity contribution in [3.05, 3.63) is 45.8 Å². The van der Waals surface area contributed by atoms with Crippen molar-refractivity contribution < 1.29 is 19.1 Å². The lowest BCUT2D eigenvalue weighted by Gasteiger charge is -2.12. The topological polar surface area (TPSA) is 64.6 Å². The number of carbonyl (C=O) groups excluding carboxylic acids is 2. The van der Waals surface area contributed by atoms with Crippen LogP contribution in [0.1, 0.15) is 76.6 Å². The summed E-state index contributed by atoms with van der Waals surface area (Å²) in [7, 11) is 1.38. The van der Waals surface area contributed by atoms with Crippen LogP contribution in [0.3, 0.4) is 0 Å². The van der Waals surface area contributed by atoms with Gasteiger partial charge in [0.1, 0.15) is 10.8 Å². The molecule has 2 aromatic rings. The number of nitrogens with one attached hydrogen (secondary N) is 1. The minimum atomic E-state index is -0.383. The number of thiophene rings is 1. The summed E-state index contributed by atoms with van der Waals surface area (Å²) >= 11 is 1.49. The molecule has 0 atom stereocenters. The molecule has 0 unspecified atom stereocenters. The van der Waals surface area contributed by atoms with Crippen LogP contribution in [-0.2, 0) is 17.6 Å². The zero-order valence-corrected chi connectivity index (χ0v) is 18.0. The van der Waals surface area contributed by atoms with Crippen molar-refractivity contribution >= 4 is 28.2 Å². The number of hydrogen-bond donors (Lipinski definition) is 1. The van der Waals surface area contributed by atoms with Crippen molar-refractivity contribution in [2.75, 3.05) is 19.0 Å². The molecule has 1 aromatic carbocycles. The SMILES string of the molecule is CCCCCCOc1ccc(C(=O)Nc2sc3c(c2C(=O)OC)CCCC3)cc1. The first-order valence-electron chi connectivity index (χ1n) is 10.4. The Kier molecular flexibility index (Phi) is 7.69. The Morgan fingerprint density at radius 1 is 1.07 bits per heavy atom. The highest BCUT2D eigenvalue weighted by Crippen LogP contribution is 2.38. The Morgan fingerprint density at radius 3 is 2.55 bits per heavy atom. The normalized spacial score (nSPS) is 12.9. The van der Waals surface area contributed by atoms with Crippen LogP contribution in [0.4, 0.5) is 5.00 Å². The molecule has 1 amide bonds. The lowest BCUT2D eigenvalue weighted by Crippen LogP contribution is -2.15. The van der Waals surface area contributed by atoms with Gasteiger partial charge in [-0.2, -0.15) is 0 Å². The molecule has 0 spiro atoms. The van der Waals surface area contributed by atoms with Crippen LogP contribution >= 0.6 is 11.3 Å². The molecule has 1 aromatic heterocycles. The lowest BCUT2D eigenvalue weighted by atomic mass is 9.95. The molecule has 1 aliphatic rings. The van der Waals surface area contributed by atoms with Crippen LogP contribution in [0.25, 0.3) is 0 Å². The van der Waals surface area contributed by atoms with Gasteiger partial charge < -0.3 is 14.8 Å². The molecule has 0 saturated carbocycles. The zero-order valence-electron chi connectivity index (χ0n) is 17.2. The Labute approximate surface area is 176 Å². The summed E-state index contributed by atoms with van der Waals surface area (Å²) in [6, 6.07) is 7.13. The van der Waals surface area contributed by atoms with E-state index < -0.39 is 0 Å². The van der Waals surface area contributed by atoms with Crippen molar-refractivity contribution in [1.29, 1.82) is 0 Å². The summed E-state index contributed by atoms with van der Waals surface area (Å²) in [5.74, 6) is 0.148.